The molecule has 0 aromatic rings. The van der Waals surface area contributed by atoms with Gasteiger partial charge in [0.1, 0.15) is 0 Å². The van der Waals surface area contributed by atoms with E-state index in [9.17, 15) is 13.6 Å². The van der Waals surface area contributed by atoms with E-state index in [2.05, 4.69) is 0 Å². The second-order valence-electron chi connectivity index (χ2n) is 5.90. The van der Waals surface area contributed by atoms with Gasteiger partial charge in [0.25, 0.3) is 0 Å². The molecule has 1 aliphatic heterocycles. The molecule has 5 heteroatoms. The van der Waals surface area contributed by atoms with Crippen LogP contribution in [0.15, 0.2) is 0 Å². The van der Waals surface area contributed by atoms with E-state index < -0.39 is 5.92 Å². The predicted octanol–water partition coefficient (Wildman–Crippen LogP) is 2.54. The number of halogens is 2. The Morgan fingerprint density at radius 3 is 2.47 bits per heavy atom. The Hall–Kier alpha value is -0.710. The number of nitrogens with zero attached hydrogens (tertiary/aromatic N) is 1. The minimum atomic E-state index is -2.57. The molecule has 1 aliphatic carbocycles. The Bertz CT molecular complexity index is 313. The van der Waals surface area contributed by atoms with E-state index in [1.54, 1.807) is 0 Å². The molecule has 2 fully saturated rings. The molecule has 1 unspecified atom stereocenters. The van der Waals surface area contributed by atoms with Gasteiger partial charge in [-0.1, -0.05) is 12.8 Å². The highest BCUT2D eigenvalue weighted by molar-refractivity contribution is 5.79. The normalized spacial score (nSPS) is 29.0. The van der Waals surface area contributed by atoms with E-state index in [4.69, 9.17) is 5.73 Å². The standard InChI is InChI=1S/C14H24F2N2O/c15-14(16)7-5-11(6-8-14)13(19)18-9-3-1-2-4-12(18)10-17/h11-12H,1-10,17H2. The van der Waals surface area contributed by atoms with Crippen LogP contribution in [0.2, 0.25) is 0 Å². The van der Waals surface area contributed by atoms with Crippen molar-refractivity contribution < 1.29 is 13.6 Å². The predicted molar refractivity (Wildman–Crippen MR) is 69.9 cm³/mol. The molecule has 2 N–H and O–H groups in total. The minimum absolute atomic E-state index is 0.0628. The minimum Gasteiger partial charge on any atom is -0.338 e. The lowest BCUT2D eigenvalue weighted by atomic mass is 9.85. The molecule has 0 aromatic carbocycles. The first-order chi connectivity index (χ1) is 9.03. The van der Waals surface area contributed by atoms with Crippen molar-refractivity contribution in [3.05, 3.63) is 0 Å². The van der Waals surface area contributed by atoms with Gasteiger partial charge < -0.3 is 10.6 Å². The van der Waals surface area contributed by atoms with E-state index in [0.29, 0.717) is 19.4 Å². The number of likely N-dealkylation sites (tertiary alicyclic amines) is 1. The maximum Gasteiger partial charge on any atom is 0.248 e. The van der Waals surface area contributed by atoms with Gasteiger partial charge in [0.05, 0.1) is 0 Å². The largest absolute Gasteiger partial charge is 0.338 e. The van der Waals surface area contributed by atoms with Crippen molar-refractivity contribution in [2.24, 2.45) is 11.7 Å². The van der Waals surface area contributed by atoms with Gasteiger partial charge in [0.2, 0.25) is 11.8 Å². The van der Waals surface area contributed by atoms with Crippen LogP contribution >= 0.6 is 0 Å². The smallest absolute Gasteiger partial charge is 0.248 e. The third-order valence-electron chi connectivity index (χ3n) is 4.50. The Kier molecular flexibility index (Phi) is 4.76. The van der Waals surface area contributed by atoms with Crippen LogP contribution in [0.1, 0.15) is 51.4 Å². The van der Waals surface area contributed by atoms with Crippen molar-refractivity contribution in [3.63, 3.8) is 0 Å². The molecule has 1 atom stereocenters. The summed E-state index contributed by atoms with van der Waals surface area (Å²) in [4.78, 5) is 14.4. The van der Waals surface area contributed by atoms with Crippen molar-refractivity contribution in [2.45, 2.75) is 63.3 Å². The Morgan fingerprint density at radius 2 is 1.84 bits per heavy atom. The van der Waals surface area contributed by atoms with Crippen LogP contribution in [0.5, 0.6) is 0 Å². The fourth-order valence-electron chi connectivity index (χ4n) is 3.23. The Labute approximate surface area is 113 Å². The molecule has 1 heterocycles. The van der Waals surface area contributed by atoms with Gasteiger partial charge in [0.15, 0.2) is 0 Å². The molecule has 1 amide bonds. The summed E-state index contributed by atoms with van der Waals surface area (Å²) in [5, 5.41) is 0. The Balaban J connectivity index is 1.97. The molecule has 110 valence electrons. The lowest BCUT2D eigenvalue weighted by Gasteiger charge is -2.35. The molecule has 0 spiro atoms. The summed E-state index contributed by atoms with van der Waals surface area (Å²) in [5.41, 5.74) is 5.76. The molecular weight excluding hydrogens is 250 g/mol. The number of rotatable bonds is 2. The molecule has 0 bridgehead atoms. The molecular formula is C14H24F2N2O. The van der Waals surface area contributed by atoms with Gasteiger partial charge in [-0.3, -0.25) is 4.79 Å². The fraction of sp³-hybridized carbons (Fsp3) is 0.929. The molecule has 19 heavy (non-hydrogen) atoms. The van der Waals surface area contributed by atoms with Crippen LogP contribution in [0, 0.1) is 5.92 Å². The number of amides is 1. The number of alkyl halides is 2. The van der Waals surface area contributed by atoms with Crippen LogP contribution < -0.4 is 5.73 Å². The number of carbonyl (C=O) groups is 1. The summed E-state index contributed by atoms with van der Waals surface area (Å²) in [6.45, 7) is 1.22. The number of hydrogen-bond acceptors (Lipinski definition) is 2. The van der Waals surface area contributed by atoms with Crippen LogP contribution in [0.4, 0.5) is 8.78 Å². The summed E-state index contributed by atoms with van der Waals surface area (Å²) >= 11 is 0. The summed E-state index contributed by atoms with van der Waals surface area (Å²) in [5.74, 6) is -2.72. The van der Waals surface area contributed by atoms with Gasteiger partial charge >= 0.3 is 0 Å². The first-order valence-electron chi connectivity index (χ1n) is 7.42. The molecule has 2 aliphatic rings. The van der Waals surface area contributed by atoms with Crippen molar-refractivity contribution in [1.29, 1.82) is 0 Å². The maximum atomic E-state index is 13.1. The number of nitrogens with two attached hydrogens (primary N) is 1. The van der Waals surface area contributed by atoms with Gasteiger partial charge in [-0.2, -0.15) is 0 Å². The summed E-state index contributed by atoms with van der Waals surface area (Å²) in [6, 6.07) is 0.109. The third-order valence-corrected chi connectivity index (χ3v) is 4.50. The molecule has 1 saturated heterocycles. The fourth-order valence-corrected chi connectivity index (χ4v) is 3.23. The zero-order valence-electron chi connectivity index (χ0n) is 11.4. The van der Waals surface area contributed by atoms with E-state index in [0.717, 1.165) is 32.2 Å². The lowest BCUT2D eigenvalue weighted by molar-refractivity contribution is -0.141. The lowest BCUT2D eigenvalue weighted by Crippen LogP contribution is -2.47. The average Bonchev–Trinajstić information content (AvgIpc) is 2.62. The monoisotopic (exact) mass is 274 g/mol. The topological polar surface area (TPSA) is 46.3 Å². The van der Waals surface area contributed by atoms with Gasteiger partial charge in [-0.15, -0.1) is 0 Å². The van der Waals surface area contributed by atoms with Crippen LogP contribution in [0.25, 0.3) is 0 Å². The highest BCUT2D eigenvalue weighted by atomic mass is 19.3. The van der Waals surface area contributed by atoms with Gasteiger partial charge in [-0.05, 0) is 25.7 Å². The average molecular weight is 274 g/mol. The van der Waals surface area contributed by atoms with E-state index >= 15 is 0 Å². The van der Waals surface area contributed by atoms with E-state index in [-0.39, 0.29) is 30.7 Å². The first kappa shape index (κ1) is 14.7. The van der Waals surface area contributed by atoms with Crippen molar-refractivity contribution in [1.82, 2.24) is 4.90 Å². The molecule has 0 aromatic heterocycles. The molecule has 2 rings (SSSR count). The number of carbonyl (C=O) groups excluding carboxylic acids is 1. The zero-order chi connectivity index (χ0) is 13.9. The molecule has 3 nitrogen and oxygen atoms in total. The summed E-state index contributed by atoms with van der Waals surface area (Å²) in [7, 11) is 0. The first-order valence-corrected chi connectivity index (χ1v) is 7.42. The van der Waals surface area contributed by atoms with Crippen LogP contribution in [0.3, 0.4) is 0 Å². The zero-order valence-corrected chi connectivity index (χ0v) is 11.4. The summed E-state index contributed by atoms with van der Waals surface area (Å²) in [6.07, 6.45) is 4.53. The Morgan fingerprint density at radius 1 is 1.16 bits per heavy atom. The SMILES string of the molecule is NCC1CCCCCN1C(=O)C1CCC(F)(F)CC1. The second-order valence-corrected chi connectivity index (χ2v) is 5.90. The quantitative estimate of drug-likeness (QED) is 0.841. The van der Waals surface area contributed by atoms with E-state index in [1.165, 1.54) is 0 Å². The third kappa shape index (κ3) is 3.65. The van der Waals surface area contributed by atoms with Crippen LogP contribution in [-0.4, -0.2) is 35.9 Å². The van der Waals surface area contributed by atoms with E-state index in [1.807, 2.05) is 4.90 Å². The van der Waals surface area contributed by atoms with Crippen LogP contribution in [-0.2, 0) is 4.79 Å². The molecule has 1 saturated carbocycles. The molecule has 0 radical (unpaired) electrons. The number of hydrogen-bond donors (Lipinski definition) is 1. The van der Waals surface area contributed by atoms with Gasteiger partial charge in [0, 0.05) is 37.9 Å². The second kappa shape index (κ2) is 6.16. The highest BCUT2D eigenvalue weighted by Gasteiger charge is 2.39. The van der Waals surface area contributed by atoms with Gasteiger partial charge in [-0.25, -0.2) is 8.78 Å². The highest BCUT2D eigenvalue weighted by Crippen LogP contribution is 2.37. The maximum absolute atomic E-state index is 13.1. The van der Waals surface area contributed by atoms with Crippen molar-refractivity contribution in [2.75, 3.05) is 13.1 Å². The van der Waals surface area contributed by atoms with Crippen molar-refractivity contribution >= 4 is 5.91 Å². The summed E-state index contributed by atoms with van der Waals surface area (Å²) < 4.78 is 26.3. The van der Waals surface area contributed by atoms with Crippen molar-refractivity contribution in [3.8, 4) is 0 Å².